The normalized spacial score (nSPS) is 9.81. The number of carbonyl (C=O) groups excluding carboxylic acids is 2. The Balaban J connectivity index is 2.08. The van der Waals surface area contributed by atoms with Gasteiger partial charge in [0.1, 0.15) is 12.4 Å². The van der Waals surface area contributed by atoms with Crippen LogP contribution >= 0.6 is 23.2 Å². The molecule has 1 aromatic carbocycles. The Morgan fingerprint density at radius 1 is 1.10 bits per heavy atom. The van der Waals surface area contributed by atoms with Gasteiger partial charge in [-0.2, -0.15) is 0 Å². The summed E-state index contributed by atoms with van der Waals surface area (Å²) in [7, 11) is 0. The number of carbonyl (C=O) groups is 2. The van der Waals surface area contributed by atoms with Crippen LogP contribution in [0.15, 0.2) is 24.3 Å². The van der Waals surface area contributed by atoms with Gasteiger partial charge in [0.15, 0.2) is 6.61 Å². The van der Waals surface area contributed by atoms with Gasteiger partial charge in [-0.3, -0.25) is 4.79 Å². The number of hydrogen-bond acceptors (Lipinski definition) is 4. The number of nitrogens with one attached hydrogen (secondary N) is 2. The third kappa shape index (κ3) is 8.27. The van der Waals surface area contributed by atoms with E-state index in [1.165, 1.54) is 0 Å². The molecule has 116 valence electrons. The highest BCUT2D eigenvalue weighted by Gasteiger charge is 2.04. The summed E-state index contributed by atoms with van der Waals surface area (Å²) in [6.45, 7) is 0.569. The zero-order chi connectivity index (χ0) is 15.5. The van der Waals surface area contributed by atoms with E-state index in [0.717, 1.165) is 0 Å². The van der Waals surface area contributed by atoms with E-state index in [0.29, 0.717) is 10.8 Å². The van der Waals surface area contributed by atoms with Gasteiger partial charge >= 0.3 is 6.09 Å². The molecule has 0 aliphatic carbocycles. The molecule has 1 aromatic rings. The topological polar surface area (TPSA) is 76.7 Å². The average Bonchev–Trinajstić information content (AvgIpc) is 2.49. The van der Waals surface area contributed by atoms with E-state index in [1.54, 1.807) is 24.3 Å². The molecule has 0 aliphatic rings. The molecule has 0 bridgehead atoms. The second-order valence-corrected chi connectivity index (χ2v) is 4.66. The average molecular weight is 335 g/mol. The van der Waals surface area contributed by atoms with Gasteiger partial charge in [-0.1, -0.05) is 11.6 Å². The van der Waals surface area contributed by atoms with E-state index in [1.807, 2.05) is 0 Å². The quantitative estimate of drug-likeness (QED) is 0.561. The van der Waals surface area contributed by atoms with Gasteiger partial charge in [0, 0.05) is 18.1 Å². The summed E-state index contributed by atoms with van der Waals surface area (Å²) in [5.74, 6) is 0.504. The molecule has 0 aliphatic heterocycles. The molecule has 0 spiro atoms. The zero-order valence-electron chi connectivity index (χ0n) is 11.2. The maximum absolute atomic E-state index is 11.5. The molecule has 0 saturated heterocycles. The van der Waals surface area contributed by atoms with Crippen molar-refractivity contribution in [2.24, 2.45) is 0 Å². The van der Waals surface area contributed by atoms with Crippen molar-refractivity contribution in [3.63, 3.8) is 0 Å². The minimum absolute atomic E-state index is 0.113. The number of alkyl halides is 1. The minimum atomic E-state index is -0.567. The third-order valence-corrected chi connectivity index (χ3v) is 2.62. The monoisotopic (exact) mass is 334 g/mol. The van der Waals surface area contributed by atoms with Crippen LogP contribution in [0.4, 0.5) is 4.79 Å². The summed E-state index contributed by atoms with van der Waals surface area (Å²) in [6.07, 6.45) is -0.567. The Bertz CT molecular complexity index is 454. The summed E-state index contributed by atoms with van der Waals surface area (Å²) in [6, 6.07) is 6.68. The highest BCUT2D eigenvalue weighted by molar-refractivity contribution is 6.30. The van der Waals surface area contributed by atoms with Gasteiger partial charge in [-0.15, -0.1) is 11.6 Å². The molecule has 6 nitrogen and oxygen atoms in total. The maximum Gasteiger partial charge on any atom is 0.407 e. The standard InChI is InChI=1S/C13H16Cl2N2O4/c14-5-8-20-13(19)17-7-6-16-12(18)9-21-11-3-1-10(15)2-4-11/h1-4H,5-9H2,(H,16,18)(H,17,19). The molecule has 2 amide bonds. The van der Waals surface area contributed by atoms with Crippen LogP contribution in [-0.2, 0) is 9.53 Å². The molecule has 21 heavy (non-hydrogen) atoms. The van der Waals surface area contributed by atoms with Crippen molar-refractivity contribution >= 4 is 35.2 Å². The number of halogens is 2. The van der Waals surface area contributed by atoms with Crippen LogP contribution in [0.3, 0.4) is 0 Å². The fraction of sp³-hybridized carbons (Fsp3) is 0.385. The molecule has 0 aromatic heterocycles. The Hall–Kier alpha value is -1.66. The first-order valence-corrected chi connectivity index (χ1v) is 7.14. The predicted molar refractivity (Wildman–Crippen MR) is 80.0 cm³/mol. The van der Waals surface area contributed by atoms with Gasteiger partial charge in [-0.05, 0) is 24.3 Å². The number of ether oxygens (including phenoxy) is 2. The molecular weight excluding hydrogens is 319 g/mol. The van der Waals surface area contributed by atoms with Crippen molar-refractivity contribution in [2.45, 2.75) is 0 Å². The van der Waals surface area contributed by atoms with Gasteiger partial charge in [0.05, 0.1) is 5.88 Å². The van der Waals surface area contributed by atoms with Crippen molar-refractivity contribution in [1.82, 2.24) is 10.6 Å². The Morgan fingerprint density at radius 3 is 2.43 bits per heavy atom. The molecule has 0 saturated carbocycles. The molecule has 2 N–H and O–H groups in total. The van der Waals surface area contributed by atoms with Gasteiger partial charge < -0.3 is 20.1 Å². The van der Waals surface area contributed by atoms with Crippen molar-refractivity contribution in [2.75, 3.05) is 32.2 Å². The smallest absolute Gasteiger partial charge is 0.407 e. The minimum Gasteiger partial charge on any atom is -0.484 e. The highest BCUT2D eigenvalue weighted by atomic mass is 35.5. The summed E-state index contributed by atoms with van der Waals surface area (Å²) >= 11 is 11.1. The number of hydrogen-bond donors (Lipinski definition) is 2. The lowest BCUT2D eigenvalue weighted by Gasteiger charge is -2.08. The molecule has 1 rings (SSSR count). The molecule has 0 atom stereocenters. The summed E-state index contributed by atoms with van der Waals surface area (Å²) < 4.78 is 9.94. The number of amides is 2. The van der Waals surface area contributed by atoms with Crippen molar-refractivity contribution < 1.29 is 19.1 Å². The van der Waals surface area contributed by atoms with Crippen LogP contribution in [0.1, 0.15) is 0 Å². The van der Waals surface area contributed by atoms with Crippen LogP contribution in [0.5, 0.6) is 5.75 Å². The van der Waals surface area contributed by atoms with Crippen molar-refractivity contribution in [3.05, 3.63) is 29.3 Å². The fourth-order valence-corrected chi connectivity index (χ4v) is 1.48. The molecule has 0 unspecified atom stereocenters. The number of rotatable bonds is 8. The van der Waals surface area contributed by atoms with Crippen molar-refractivity contribution in [3.8, 4) is 5.75 Å². The van der Waals surface area contributed by atoms with Crippen LogP contribution < -0.4 is 15.4 Å². The van der Waals surface area contributed by atoms with Crippen LogP contribution in [0, 0.1) is 0 Å². The maximum atomic E-state index is 11.5. The largest absolute Gasteiger partial charge is 0.484 e. The number of benzene rings is 1. The van der Waals surface area contributed by atoms with E-state index in [9.17, 15) is 9.59 Å². The first-order chi connectivity index (χ1) is 10.1. The summed E-state index contributed by atoms with van der Waals surface area (Å²) in [4.78, 5) is 22.5. The SMILES string of the molecule is O=C(COc1ccc(Cl)cc1)NCCNC(=O)OCCCl. The van der Waals surface area contributed by atoms with E-state index >= 15 is 0 Å². The highest BCUT2D eigenvalue weighted by Crippen LogP contribution is 2.15. The van der Waals surface area contributed by atoms with Gasteiger partial charge in [0.2, 0.25) is 0 Å². The predicted octanol–water partition coefficient (Wildman–Crippen LogP) is 1.80. The Morgan fingerprint density at radius 2 is 1.76 bits per heavy atom. The van der Waals surface area contributed by atoms with E-state index in [2.05, 4.69) is 15.4 Å². The van der Waals surface area contributed by atoms with Crippen LogP contribution in [0.25, 0.3) is 0 Å². The molecule has 0 fully saturated rings. The Kier molecular flexibility index (Phi) is 8.38. The third-order valence-electron chi connectivity index (χ3n) is 2.21. The number of alkyl carbamates (subject to hydrolysis) is 1. The van der Waals surface area contributed by atoms with E-state index < -0.39 is 6.09 Å². The van der Waals surface area contributed by atoms with E-state index in [-0.39, 0.29) is 38.1 Å². The summed E-state index contributed by atoms with van der Waals surface area (Å²) in [5.41, 5.74) is 0. The van der Waals surface area contributed by atoms with E-state index in [4.69, 9.17) is 27.9 Å². The van der Waals surface area contributed by atoms with Crippen molar-refractivity contribution in [1.29, 1.82) is 0 Å². The first-order valence-electron chi connectivity index (χ1n) is 6.23. The zero-order valence-corrected chi connectivity index (χ0v) is 12.7. The Labute approximate surface area is 132 Å². The van der Waals surface area contributed by atoms with Gasteiger partial charge in [-0.25, -0.2) is 4.79 Å². The molecule has 0 heterocycles. The van der Waals surface area contributed by atoms with Crippen LogP contribution in [0.2, 0.25) is 5.02 Å². The van der Waals surface area contributed by atoms with Crippen LogP contribution in [-0.4, -0.2) is 44.2 Å². The molecular formula is C13H16Cl2N2O4. The lowest BCUT2D eigenvalue weighted by atomic mass is 10.3. The molecule has 8 heteroatoms. The second kappa shape index (κ2) is 10.1. The molecule has 0 radical (unpaired) electrons. The lowest BCUT2D eigenvalue weighted by molar-refractivity contribution is -0.123. The second-order valence-electron chi connectivity index (χ2n) is 3.84. The lowest BCUT2D eigenvalue weighted by Crippen LogP contribution is -2.37. The first kappa shape index (κ1) is 17.4. The fourth-order valence-electron chi connectivity index (χ4n) is 1.28. The summed E-state index contributed by atoms with van der Waals surface area (Å²) in [5, 5.41) is 5.65. The van der Waals surface area contributed by atoms with Gasteiger partial charge in [0.25, 0.3) is 5.91 Å².